The number of ether oxygens (including phenoxy) is 1. The molecule has 3 aromatic heterocycles. The van der Waals surface area contributed by atoms with Crippen LogP contribution in [0.2, 0.25) is 0 Å². The summed E-state index contributed by atoms with van der Waals surface area (Å²) < 4.78 is 10.5. The van der Waals surface area contributed by atoms with Gasteiger partial charge in [-0.3, -0.25) is 14.7 Å². The summed E-state index contributed by atoms with van der Waals surface area (Å²) in [7, 11) is 0. The lowest BCUT2D eigenvalue weighted by Gasteiger charge is -2.11. The van der Waals surface area contributed by atoms with E-state index < -0.39 is 0 Å². The molecule has 0 amide bonds. The molecule has 0 aliphatic rings. The van der Waals surface area contributed by atoms with E-state index in [-0.39, 0.29) is 10.6 Å². The molecule has 0 N–H and O–H groups in total. The number of pyridine rings is 1. The highest BCUT2D eigenvalue weighted by atomic mass is 16.6. The molecule has 0 fully saturated rings. The second-order valence-corrected chi connectivity index (χ2v) is 11.2. The molecule has 0 radical (unpaired) electrons. The zero-order valence-corrected chi connectivity index (χ0v) is 24.8. The van der Waals surface area contributed by atoms with Crippen LogP contribution >= 0.6 is 0 Å². The second kappa shape index (κ2) is 10.5. The fraction of sp³-hybridized carbons (Fsp3) is 0.111. The number of nitro groups is 1. The van der Waals surface area contributed by atoms with E-state index in [2.05, 4.69) is 58.0 Å². The highest BCUT2D eigenvalue weighted by molar-refractivity contribution is 6.09. The Morgan fingerprint density at radius 2 is 1.55 bits per heavy atom. The van der Waals surface area contributed by atoms with Gasteiger partial charge in [-0.25, -0.2) is 9.67 Å². The van der Waals surface area contributed by atoms with Crippen LogP contribution in [0.15, 0.2) is 104 Å². The maximum atomic E-state index is 11.3. The third-order valence-corrected chi connectivity index (χ3v) is 7.91. The van der Waals surface area contributed by atoms with Gasteiger partial charge in [-0.15, -0.1) is 0 Å². The Labute approximate surface area is 253 Å². The van der Waals surface area contributed by atoms with Gasteiger partial charge in [0.05, 0.1) is 27.8 Å². The van der Waals surface area contributed by atoms with Crippen molar-refractivity contribution in [1.82, 2.24) is 19.3 Å². The van der Waals surface area contributed by atoms with Crippen LogP contribution in [0.25, 0.3) is 44.4 Å². The van der Waals surface area contributed by atoms with E-state index in [0.29, 0.717) is 11.5 Å². The third-order valence-electron chi connectivity index (χ3n) is 7.91. The van der Waals surface area contributed by atoms with Gasteiger partial charge < -0.3 is 4.74 Å². The summed E-state index contributed by atoms with van der Waals surface area (Å²) in [5.41, 5.74) is 8.70. The number of nitro benzene ring substituents is 1. The molecule has 0 aliphatic heterocycles. The smallest absolute Gasteiger partial charge is 0.269 e. The van der Waals surface area contributed by atoms with E-state index >= 15 is 0 Å². The van der Waals surface area contributed by atoms with Crippen molar-refractivity contribution in [1.29, 1.82) is 0 Å². The van der Waals surface area contributed by atoms with Crippen molar-refractivity contribution in [3.63, 3.8) is 0 Å². The maximum Gasteiger partial charge on any atom is 0.269 e. The Kier molecular flexibility index (Phi) is 6.47. The van der Waals surface area contributed by atoms with Gasteiger partial charge in [-0.05, 0) is 98.0 Å². The van der Waals surface area contributed by atoms with Gasteiger partial charge in [0.2, 0.25) is 0 Å². The van der Waals surface area contributed by atoms with Crippen molar-refractivity contribution >= 4 is 27.5 Å². The van der Waals surface area contributed by atoms with E-state index in [4.69, 9.17) is 4.74 Å². The number of benzene rings is 4. The fourth-order valence-electron chi connectivity index (χ4n) is 6.05. The Bertz CT molecular complexity index is 2220. The van der Waals surface area contributed by atoms with Crippen molar-refractivity contribution in [2.75, 3.05) is 0 Å². The standard InChI is InChI=1S/C36H29N5O3/c1-22-11-12-37-35(15-22)40-33-8-6-5-7-31(33)32-10-9-29(19-34(32)40)44-30-14-23(2)13-27(18-30)39-21-26(20-38-39)36-24(3)16-28(41(42)43)17-25(36)4/h5-21H,1-4H3. The Morgan fingerprint density at radius 1 is 0.773 bits per heavy atom. The number of rotatable bonds is 6. The lowest BCUT2D eigenvalue weighted by molar-refractivity contribution is -0.384. The first-order valence-corrected chi connectivity index (χ1v) is 14.3. The minimum absolute atomic E-state index is 0.0883. The van der Waals surface area contributed by atoms with E-state index in [9.17, 15) is 10.1 Å². The van der Waals surface area contributed by atoms with Crippen molar-refractivity contribution < 1.29 is 9.66 Å². The topological polar surface area (TPSA) is 88.0 Å². The number of non-ortho nitro benzene ring substituents is 1. The summed E-state index contributed by atoms with van der Waals surface area (Å²) in [6, 6.07) is 27.8. The summed E-state index contributed by atoms with van der Waals surface area (Å²) in [5.74, 6) is 2.26. The molecule has 3 heterocycles. The first kappa shape index (κ1) is 27.1. The molecule has 216 valence electrons. The van der Waals surface area contributed by atoms with Crippen molar-refractivity contribution in [3.8, 4) is 34.1 Å². The van der Waals surface area contributed by atoms with Gasteiger partial charge in [-0.1, -0.05) is 18.2 Å². The summed E-state index contributed by atoms with van der Waals surface area (Å²) in [4.78, 5) is 15.6. The molecule has 0 unspecified atom stereocenters. The summed E-state index contributed by atoms with van der Waals surface area (Å²) >= 11 is 0. The quantitative estimate of drug-likeness (QED) is 0.145. The Balaban J connectivity index is 1.26. The molecule has 7 rings (SSSR count). The molecule has 44 heavy (non-hydrogen) atoms. The minimum Gasteiger partial charge on any atom is -0.457 e. The summed E-state index contributed by atoms with van der Waals surface area (Å²) in [6.45, 7) is 7.86. The third kappa shape index (κ3) is 4.76. The number of para-hydroxylation sites is 1. The van der Waals surface area contributed by atoms with Crippen LogP contribution in [0.3, 0.4) is 0 Å². The molecule has 8 heteroatoms. The minimum atomic E-state index is -0.363. The lowest BCUT2D eigenvalue weighted by atomic mass is 9.97. The van der Waals surface area contributed by atoms with Crippen molar-refractivity contribution in [2.45, 2.75) is 27.7 Å². The van der Waals surface area contributed by atoms with E-state index in [1.54, 1.807) is 23.0 Å². The zero-order valence-electron chi connectivity index (χ0n) is 24.8. The molecule has 8 nitrogen and oxygen atoms in total. The van der Waals surface area contributed by atoms with Gasteiger partial charge >= 0.3 is 0 Å². The summed E-state index contributed by atoms with van der Waals surface area (Å²) in [5, 5.41) is 18.2. The zero-order chi connectivity index (χ0) is 30.5. The molecular formula is C36H29N5O3. The average Bonchev–Trinajstić information content (AvgIpc) is 3.59. The normalized spacial score (nSPS) is 11.4. The number of aryl methyl sites for hydroxylation is 4. The molecule has 0 atom stereocenters. The monoisotopic (exact) mass is 579 g/mol. The van der Waals surface area contributed by atoms with Crippen LogP contribution in [0.5, 0.6) is 11.5 Å². The van der Waals surface area contributed by atoms with E-state index in [1.807, 2.05) is 69.6 Å². The SMILES string of the molecule is Cc1cc(Oc2ccc3c4ccccc4n(-c4cc(C)ccn4)c3c2)cc(-n2cc(-c3c(C)cc([N+](=O)[O-])cc3C)cn2)c1. The molecule has 0 saturated carbocycles. The van der Waals surface area contributed by atoms with Crippen LogP contribution in [-0.2, 0) is 0 Å². The highest BCUT2D eigenvalue weighted by Gasteiger charge is 2.17. The van der Waals surface area contributed by atoms with Gasteiger partial charge in [0.15, 0.2) is 0 Å². The first-order chi connectivity index (χ1) is 21.2. The molecule has 4 aromatic carbocycles. The predicted octanol–water partition coefficient (Wildman–Crippen LogP) is 8.97. The lowest BCUT2D eigenvalue weighted by Crippen LogP contribution is -1.98. The van der Waals surface area contributed by atoms with Gasteiger partial charge in [-0.2, -0.15) is 5.10 Å². The predicted molar refractivity (Wildman–Crippen MR) is 173 cm³/mol. The Hall–Kier alpha value is -5.76. The Morgan fingerprint density at radius 3 is 2.32 bits per heavy atom. The summed E-state index contributed by atoms with van der Waals surface area (Å²) in [6.07, 6.45) is 5.57. The fourth-order valence-corrected chi connectivity index (χ4v) is 6.05. The molecular weight excluding hydrogens is 550 g/mol. The van der Waals surface area contributed by atoms with Crippen molar-refractivity contribution in [2.24, 2.45) is 0 Å². The highest BCUT2D eigenvalue weighted by Crippen LogP contribution is 2.36. The number of hydrogen-bond donors (Lipinski definition) is 0. The van der Waals surface area contributed by atoms with Crippen LogP contribution in [0, 0.1) is 37.8 Å². The van der Waals surface area contributed by atoms with Crippen LogP contribution < -0.4 is 4.74 Å². The number of fused-ring (bicyclic) bond motifs is 3. The molecule has 7 aromatic rings. The van der Waals surface area contributed by atoms with Crippen LogP contribution in [0.1, 0.15) is 22.3 Å². The van der Waals surface area contributed by atoms with Gasteiger partial charge in [0.1, 0.15) is 17.3 Å². The largest absolute Gasteiger partial charge is 0.457 e. The first-order valence-electron chi connectivity index (χ1n) is 14.3. The average molecular weight is 580 g/mol. The van der Waals surface area contributed by atoms with Crippen LogP contribution in [0.4, 0.5) is 5.69 Å². The van der Waals surface area contributed by atoms with Gasteiger partial charge in [0, 0.05) is 53.0 Å². The second-order valence-electron chi connectivity index (χ2n) is 11.2. The molecule has 0 spiro atoms. The number of aromatic nitrogens is 4. The maximum absolute atomic E-state index is 11.3. The molecule has 0 bridgehead atoms. The molecule has 0 saturated heterocycles. The number of hydrogen-bond acceptors (Lipinski definition) is 5. The number of nitrogens with zero attached hydrogens (tertiary/aromatic N) is 5. The van der Waals surface area contributed by atoms with E-state index in [0.717, 1.165) is 66.7 Å². The van der Waals surface area contributed by atoms with Crippen LogP contribution in [-0.4, -0.2) is 24.3 Å². The molecule has 0 aliphatic carbocycles. The van der Waals surface area contributed by atoms with Gasteiger partial charge in [0.25, 0.3) is 5.69 Å². The van der Waals surface area contributed by atoms with Crippen molar-refractivity contribution in [3.05, 3.63) is 136 Å². The van der Waals surface area contributed by atoms with E-state index in [1.165, 1.54) is 0 Å².